The second kappa shape index (κ2) is 5.45. The maximum absolute atomic E-state index is 6.12. The molecule has 0 amide bonds. The Balaban J connectivity index is 1.93. The number of hydrogen-bond acceptors (Lipinski definition) is 3. The number of aromatic nitrogens is 1. The standard InChI is InChI=1S/C19H13ClN2O/c20-13-9-10-14(16(21)11-13)15-7-4-8-17-18(15)23-19(22-17)12-5-2-1-3-6-12/h1-11H,21H2. The van der Waals surface area contributed by atoms with Crippen molar-refractivity contribution in [3.8, 4) is 22.6 Å². The SMILES string of the molecule is Nc1cc(Cl)ccc1-c1cccc2nc(-c3ccccc3)oc12. The smallest absolute Gasteiger partial charge is 0.227 e. The van der Waals surface area contributed by atoms with Gasteiger partial charge in [-0.3, -0.25) is 0 Å². The van der Waals surface area contributed by atoms with Crippen LogP contribution in [0.15, 0.2) is 71.1 Å². The maximum atomic E-state index is 6.12. The minimum atomic E-state index is 0.598. The van der Waals surface area contributed by atoms with E-state index in [0.29, 0.717) is 16.6 Å². The van der Waals surface area contributed by atoms with E-state index in [2.05, 4.69) is 4.98 Å². The van der Waals surface area contributed by atoms with Gasteiger partial charge in [-0.15, -0.1) is 0 Å². The first-order valence-corrected chi connectivity index (χ1v) is 7.60. The lowest BCUT2D eigenvalue weighted by atomic mass is 10.0. The predicted octanol–water partition coefficient (Wildman–Crippen LogP) is 5.40. The average Bonchev–Trinajstić information content (AvgIpc) is 3.00. The topological polar surface area (TPSA) is 52.0 Å². The van der Waals surface area contributed by atoms with E-state index in [1.165, 1.54) is 0 Å². The largest absolute Gasteiger partial charge is 0.435 e. The van der Waals surface area contributed by atoms with Crippen molar-refractivity contribution in [1.29, 1.82) is 0 Å². The summed E-state index contributed by atoms with van der Waals surface area (Å²) >= 11 is 5.99. The first-order valence-electron chi connectivity index (χ1n) is 7.23. The van der Waals surface area contributed by atoms with E-state index in [9.17, 15) is 0 Å². The van der Waals surface area contributed by atoms with Gasteiger partial charge < -0.3 is 10.2 Å². The summed E-state index contributed by atoms with van der Waals surface area (Å²) in [7, 11) is 0. The van der Waals surface area contributed by atoms with Crippen LogP contribution in [0.5, 0.6) is 0 Å². The Morgan fingerprint density at radius 1 is 0.870 bits per heavy atom. The van der Waals surface area contributed by atoms with Crippen LogP contribution in [-0.4, -0.2) is 4.98 Å². The highest BCUT2D eigenvalue weighted by atomic mass is 35.5. The van der Waals surface area contributed by atoms with Crippen LogP contribution in [0.25, 0.3) is 33.7 Å². The summed E-state index contributed by atoms with van der Waals surface area (Å²) in [6.07, 6.45) is 0. The van der Waals surface area contributed by atoms with Gasteiger partial charge in [-0.2, -0.15) is 0 Å². The molecule has 4 rings (SSSR count). The molecule has 0 aliphatic heterocycles. The van der Waals surface area contributed by atoms with Crippen molar-refractivity contribution in [2.45, 2.75) is 0 Å². The van der Waals surface area contributed by atoms with E-state index in [-0.39, 0.29) is 0 Å². The van der Waals surface area contributed by atoms with Crippen molar-refractivity contribution in [3.63, 3.8) is 0 Å². The normalized spacial score (nSPS) is 11.0. The number of benzene rings is 3. The Morgan fingerprint density at radius 2 is 1.70 bits per heavy atom. The molecule has 0 aliphatic rings. The summed E-state index contributed by atoms with van der Waals surface area (Å²) in [4.78, 5) is 4.58. The lowest BCUT2D eigenvalue weighted by Gasteiger charge is -2.06. The average molecular weight is 321 g/mol. The van der Waals surface area contributed by atoms with Crippen LogP contribution in [0.3, 0.4) is 0 Å². The zero-order chi connectivity index (χ0) is 15.8. The van der Waals surface area contributed by atoms with E-state index in [4.69, 9.17) is 21.8 Å². The molecule has 23 heavy (non-hydrogen) atoms. The van der Waals surface area contributed by atoms with Crippen LogP contribution in [0.1, 0.15) is 0 Å². The fourth-order valence-electron chi connectivity index (χ4n) is 2.64. The van der Waals surface area contributed by atoms with E-state index in [0.717, 1.165) is 27.8 Å². The molecule has 0 fully saturated rings. The van der Waals surface area contributed by atoms with Crippen molar-refractivity contribution in [2.75, 3.05) is 5.73 Å². The first-order chi connectivity index (χ1) is 11.2. The Morgan fingerprint density at radius 3 is 2.48 bits per heavy atom. The summed E-state index contributed by atoms with van der Waals surface area (Å²) in [6.45, 7) is 0. The number of nitrogens with two attached hydrogens (primary N) is 1. The zero-order valence-electron chi connectivity index (χ0n) is 12.2. The van der Waals surface area contributed by atoms with Gasteiger partial charge in [0.2, 0.25) is 5.89 Å². The molecule has 0 spiro atoms. The highest BCUT2D eigenvalue weighted by molar-refractivity contribution is 6.31. The number of nitrogens with zero attached hydrogens (tertiary/aromatic N) is 1. The summed E-state index contributed by atoms with van der Waals surface area (Å²) in [5.41, 5.74) is 11.0. The van der Waals surface area contributed by atoms with Crippen LogP contribution >= 0.6 is 11.6 Å². The van der Waals surface area contributed by atoms with Crippen molar-refractivity contribution in [2.24, 2.45) is 0 Å². The molecule has 112 valence electrons. The molecule has 3 aromatic carbocycles. The lowest BCUT2D eigenvalue weighted by Crippen LogP contribution is -1.90. The predicted molar refractivity (Wildman–Crippen MR) is 94.3 cm³/mol. The zero-order valence-corrected chi connectivity index (χ0v) is 12.9. The highest BCUT2D eigenvalue weighted by Gasteiger charge is 2.14. The Kier molecular flexibility index (Phi) is 3.28. The molecule has 0 saturated carbocycles. The second-order valence-corrected chi connectivity index (χ2v) is 5.71. The molecule has 0 saturated heterocycles. The maximum Gasteiger partial charge on any atom is 0.227 e. The summed E-state index contributed by atoms with van der Waals surface area (Å²) < 4.78 is 6.03. The third kappa shape index (κ3) is 2.45. The Hall–Kier alpha value is -2.78. The van der Waals surface area contributed by atoms with Gasteiger partial charge in [0.15, 0.2) is 5.58 Å². The van der Waals surface area contributed by atoms with Crippen molar-refractivity contribution in [3.05, 3.63) is 71.8 Å². The van der Waals surface area contributed by atoms with Gasteiger partial charge in [0, 0.05) is 27.4 Å². The third-order valence-corrected chi connectivity index (χ3v) is 3.97. The van der Waals surface area contributed by atoms with Gasteiger partial charge >= 0.3 is 0 Å². The highest BCUT2D eigenvalue weighted by Crippen LogP contribution is 2.35. The number of hydrogen-bond donors (Lipinski definition) is 1. The summed E-state index contributed by atoms with van der Waals surface area (Å²) in [5.74, 6) is 0.598. The van der Waals surface area contributed by atoms with Crippen LogP contribution in [-0.2, 0) is 0 Å². The second-order valence-electron chi connectivity index (χ2n) is 5.27. The minimum absolute atomic E-state index is 0.598. The molecule has 0 atom stereocenters. The minimum Gasteiger partial charge on any atom is -0.435 e. The van der Waals surface area contributed by atoms with Gasteiger partial charge in [-0.1, -0.05) is 48.0 Å². The molecule has 1 heterocycles. The molecule has 1 aromatic heterocycles. The van der Waals surface area contributed by atoms with Crippen LogP contribution in [0, 0.1) is 0 Å². The van der Waals surface area contributed by atoms with Gasteiger partial charge in [0.25, 0.3) is 0 Å². The van der Waals surface area contributed by atoms with E-state index in [1.54, 1.807) is 6.07 Å². The fourth-order valence-corrected chi connectivity index (χ4v) is 2.82. The third-order valence-electron chi connectivity index (χ3n) is 3.74. The number of fused-ring (bicyclic) bond motifs is 1. The molecular formula is C19H13ClN2O. The van der Waals surface area contributed by atoms with Gasteiger partial charge in [0.1, 0.15) is 5.52 Å². The van der Waals surface area contributed by atoms with Crippen LogP contribution < -0.4 is 5.73 Å². The molecular weight excluding hydrogens is 308 g/mol. The number of oxazole rings is 1. The molecule has 4 heteroatoms. The monoisotopic (exact) mass is 320 g/mol. The summed E-state index contributed by atoms with van der Waals surface area (Å²) in [5, 5.41) is 0.612. The summed E-state index contributed by atoms with van der Waals surface area (Å²) in [6, 6.07) is 21.1. The number of para-hydroxylation sites is 1. The number of nitrogen functional groups attached to an aromatic ring is 1. The molecule has 3 nitrogen and oxygen atoms in total. The fraction of sp³-hybridized carbons (Fsp3) is 0. The van der Waals surface area contributed by atoms with Crippen molar-refractivity contribution in [1.82, 2.24) is 4.98 Å². The lowest BCUT2D eigenvalue weighted by molar-refractivity contribution is 0.621. The molecule has 4 aromatic rings. The molecule has 0 bridgehead atoms. The number of halogens is 1. The molecule has 0 aliphatic carbocycles. The Labute approximate surface area is 138 Å². The molecule has 0 unspecified atom stereocenters. The Bertz CT molecular complexity index is 993. The van der Waals surface area contributed by atoms with Crippen molar-refractivity contribution >= 4 is 28.4 Å². The van der Waals surface area contributed by atoms with Crippen LogP contribution in [0.4, 0.5) is 5.69 Å². The van der Waals surface area contributed by atoms with E-state index >= 15 is 0 Å². The first kappa shape index (κ1) is 13.9. The van der Waals surface area contributed by atoms with Gasteiger partial charge in [0.05, 0.1) is 0 Å². The van der Waals surface area contributed by atoms with E-state index in [1.807, 2.05) is 60.7 Å². The van der Waals surface area contributed by atoms with E-state index < -0.39 is 0 Å². The van der Waals surface area contributed by atoms with Gasteiger partial charge in [-0.25, -0.2) is 4.98 Å². The van der Waals surface area contributed by atoms with Gasteiger partial charge in [-0.05, 0) is 30.3 Å². The number of anilines is 1. The van der Waals surface area contributed by atoms with Crippen molar-refractivity contribution < 1.29 is 4.42 Å². The number of rotatable bonds is 2. The quantitative estimate of drug-likeness (QED) is 0.503. The van der Waals surface area contributed by atoms with Crippen LogP contribution in [0.2, 0.25) is 5.02 Å². The molecule has 0 radical (unpaired) electrons. The molecule has 2 N–H and O–H groups in total.